The normalized spacial score (nSPS) is 11.6. The van der Waals surface area contributed by atoms with Gasteiger partial charge in [0.05, 0.1) is 18.6 Å². The largest absolute Gasteiger partial charge is 0.494 e. The van der Waals surface area contributed by atoms with Gasteiger partial charge in [-0.15, -0.1) is 0 Å². The highest BCUT2D eigenvalue weighted by Crippen LogP contribution is 2.33. The Morgan fingerprint density at radius 1 is 1.11 bits per heavy atom. The maximum atomic E-state index is 13.6. The van der Waals surface area contributed by atoms with E-state index in [0.29, 0.717) is 36.8 Å². The van der Waals surface area contributed by atoms with Gasteiger partial charge >= 0.3 is 12.1 Å². The number of carboxylic acids is 1. The Labute approximate surface area is 218 Å². The highest BCUT2D eigenvalue weighted by Gasteiger charge is 2.33. The van der Waals surface area contributed by atoms with E-state index in [1.54, 1.807) is 29.6 Å². The number of benzene rings is 2. The zero-order chi connectivity index (χ0) is 27.3. The summed E-state index contributed by atoms with van der Waals surface area (Å²) in [6.45, 7) is 2.65. The molecular formula is C28H29F3N4O3. The summed E-state index contributed by atoms with van der Waals surface area (Å²) in [6.07, 6.45) is 1.87. The van der Waals surface area contributed by atoms with Crippen LogP contribution >= 0.6 is 0 Å². The number of nitrogens with zero attached hydrogens (tertiary/aromatic N) is 4. The van der Waals surface area contributed by atoms with Crippen molar-refractivity contribution in [2.24, 2.45) is 7.05 Å². The van der Waals surface area contributed by atoms with Crippen LogP contribution in [0.5, 0.6) is 5.75 Å². The van der Waals surface area contributed by atoms with E-state index in [4.69, 9.17) is 4.74 Å². The molecule has 7 nitrogen and oxygen atoms in total. The van der Waals surface area contributed by atoms with Gasteiger partial charge in [-0.1, -0.05) is 25.1 Å². The van der Waals surface area contributed by atoms with Gasteiger partial charge in [-0.05, 0) is 53.8 Å². The van der Waals surface area contributed by atoms with Crippen LogP contribution in [0.15, 0.2) is 61.1 Å². The van der Waals surface area contributed by atoms with E-state index in [-0.39, 0.29) is 18.5 Å². The van der Waals surface area contributed by atoms with Crippen molar-refractivity contribution in [2.75, 3.05) is 18.1 Å². The third-order valence-electron chi connectivity index (χ3n) is 6.29. The number of carboxylic acid groups (broad SMARTS) is 1. The molecule has 2 heterocycles. The molecule has 0 spiro atoms. The second kappa shape index (κ2) is 11.5. The van der Waals surface area contributed by atoms with Crippen LogP contribution in [-0.4, -0.2) is 38.8 Å². The average molecular weight is 527 g/mol. The van der Waals surface area contributed by atoms with Gasteiger partial charge in [0.1, 0.15) is 5.75 Å². The maximum Gasteiger partial charge on any atom is 0.416 e. The van der Waals surface area contributed by atoms with Crippen molar-refractivity contribution in [1.82, 2.24) is 14.5 Å². The molecular weight excluding hydrogens is 497 g/mol. The first-order chi connectivity index (χ1) is 18.2. The Kier molecular flexibility index (Phi) is 8.19. The lowest BCUT2D eigenvalue weighted by Crippen LogP contribution is -2.28. The zero-order valence-corrected chi connectivity index (χ0v) is 21.2. The molecule has 0 bridgehead atoms. The van der Waals surface area contributed by atoms with Crippen LogP contribution in [0.4, 0.5) is 19.1 Å². The first-order valence-corrected chi connectivity index (χ1v) is 12.3. The number of hydrogen-bond donors (Lipinski definition) is 1. The number of fused-ring (bicyclic) bond motifs is 1. The molecule has 38 heavy (non-hydrogen) atoms. The van der Waals surface area contributed by atoms with Crippen molar-refractivity contribution in [1.29, 1.82) is 0 Å². The van der Waals surface area contributed by atoms with E-state index in [1.165, 1.54) is 12.1 Å². The van der Waals surface area contributed by atoms with Crippen LogP contribution in [0.1, 0.15) is 35.6 Å². The lowest BCUT2D eigenvalue weighted by atomic mass is 10.1. The van der Waals surface area contributed by atoms with Crippen LogP contribution in [0.25, 0.3) is 10.9 Å². The second-order valence-electron chi connectivity index (χ2n) is 9.04. The summed E-state index contributed by atoms with van der Waals surface area (Å²) in [5.41, 5.74) is 1.99. The first-order valence-electron chi connectivity index (χ1n) is 12.3. The molecule has 0 aliphatic carbocycles. The third-order valence-corrected chi connectivity index (χ3v) is 6.29. The van der Waals surface area contributed by atoms with Gasteiger partial charge in [-0.25, -0.2) is 9.97 Å². The number of rotatable bonds is 11. The molecule has 4 aromatic rings. The highest BCUT2D eigenvalue weighted by molar-refractivity contribution is 5.88. The Morgan fingerprint density at radius 2 is 1.84 bits per heavy atom. The highest BCUT2D eigenvalue weighted by atomic mass is 19.4. The number of aryl methyl sites for hydroxylation is 2. The minimum absolute atomic E-state index is 0.00429. The second-order valence-corrected chi connectivity index (χ2v) is 9.04. The Balaban J connectivity index is 1.48. The lowest BCUT2D eigenvalue weighted by molar-refractivity contribution is -0.138. The van der Waals surface area contributed by atoms with E-state index in [0.717, 1.165) is 29.0 Å². The molecule has 0 radical (unpaired) electrons. The summed E-state index contributed by atoms with van der Waals surface area (Å²) in [4.78, 5) is 21.7. The standard InChI is InChI=1S/C28H29F3N4O3/c1-3-19-15-32-27(33-16-19)35(18-20-7-4-5-8-24(20)28(29,30)31)11-6-12-38-22-9-10-25-23(14-22)21(13-26(36)37)17-34(25)2/h4-5,7-10,14-17H,3,6,11-13,18H2,1-2H3,(H,36,37). The summed E-state index contributed by atoms with van der Waals surface area (Å²) >= 11 is 0. The van der Waals surface area contributed by atoms with Crippen LogP contribution < -0.4 is 9.64 Å². The summed E-state index contributed by atoms with van der Waals surface area (Å²) in [5.74, 6) is 0.0289. The summed E-state index contributed by atoms with van der Waals surface area (Å²) in [5, 5.41) is 10.0. The molecule has 0 aliphatic heterocycles. The van der Waals surface area contributed by atoms with Crippen molar-refractivity contribution in [2.45, 2.75) is 38.9 Å². The van der Waals surface area contributed by atoms with E-state index in [1.807, 2.05) is 36.7 Å². The average Bonchev–Trinajstić information content (AvgIpc) is 3.19. The van der Waals surface area contributed by atoms with Gasteiger partial charge < -0.3 is 19.3 Å². The molecule has 0 amide bonds. The van der Waals surface area contributed by atoms with Crippen LogP contribution in [0.3, 0.4) is 0 Å². The smallest absolute Gasteiger partial charge is 0.416 e. The number of anilines is 1. The molecule has 4 rings (SSSR count). The molecule has 0 atom stereocenters. The number of alkyl halides is 3. The molecule has 2 aromatic heterocycles. The van der Waals surface area contributed by atoms with E-state index >= 15 is 0 Å². The molecule has 200 valence electrons. The minimum atomic E-state index is -4.46. The maximum absolute atomic E-state index is 13.6. The number of halogens is 3. The van der Waals surface area contributed by atoms with Crippen LogP contribution in [-0.2, 0) is 37.4 Å². The summed E-state index contributed by atoms with van der Waals surface area (Å²) in [7, 11) is 1.86. The van der Waals surface area contributed by atoms with Gasteiger partial charge in [0.15, 0.2) is 0 Å². The summed E-state index contributed by atoms with van der Waals surface area (Å²) < 4.78 is 48.6. The van der Waals surface area contributed by atoms with E-state index < -0.39 is 17.7 Å². The number of ether oxygens (including phenoxy) is 1. The predicted octanol–water partition coefficient (Wildman–Crippen LogP) is 5.65. The quantitative estimate of drug-likeness (QED) is 0.254. The number of carbonyl (C=O) groups is 1. The molecule has 0 aliphatic rings. The van der Waals surface area contributed by atoms with Crippen molar-refractivity contribution in [3.63, 3.8) is 0 Å². The molecule has 0 saturated heterocycles. The molecule has 0 unspecified atom stereocenters. The van der Waals surface area contributed by atoms with E-state index in [9.17, 15) is 23.1 Å². The minimum Gasteiger partial charge on any atom is -0.494 e. The Morgan fingerprint density at radius 3 is 2.53 bits per heavy atom. The Hall–Kier alpha value is -4.08. The molecule has 0 fully saturated rings. The van der Waals surface area contributed by atoms with Gasteiger partial charge in [0.2, 0.25) is 5.95 Å². The fraction of sp³-hybridized carbons (Fsp3) is 0.321. The fourth-order valence-electron chi connectivity index (χ4n) is 4.38. The van der Waals surface area contributed by atoms with Crippen molar-refractivity contribution in [3.05, 3.63) is 83.3 Å². The van der Waals surface area contributed by atoms with Gasteiger partial charge in [0.25, 0.3) is 0 Å². The van der Waals surface area contributed by atoms with Crippen LogP contribution in [0.2, 0.25) is 0 Å². The van der Waals surface area contributed by atoms with Crippen molar-refractivity contribution < 1.29 is 27.8 Å². The zero-order valence-electron chi connectivity index (χ0n) is 21.2. The first kappa shape index (κ1) is 27.0. The number of hydrogen-bond acceptors (Lipinski definition) is 5. The molecule has 2 aromatic carbocycles. The monoisotopic (exact) mass is 526 g/mol. The topological polar surface area (TPSA) is 80.5 Å². The Bertz CT molecular complexity index is 1400. The predicted molar refractivity (Wildman–Crippen MR) is 138 cm³/mol. The van der Waals surface area contributed by atoms with Gasteiger partial charge in [0, 0.05) is 49.6 Å². The van der Waals surface area contributed by atoms with Crippen LogP contribution in [0, 0.1) is 0 Å². The fourth-order valence-corrected chi connectivity index (χ4v) is 4.38. The number of aliphatic carboxylic acids is 1. The SMILES string of the molecule is CCc1cnc(N(CCCOc2ccc3c(c2)c(CC(=O)O)cn3C)Cc2ccccc2C(F)(F)F)nc1. The van der Waals surface area contributed by atoms with Crippen molar-refractivity contribution >= 4 is 22.8 Å². The third kappa shape index (κ3) is 6.42. The van der Waals surface area contributed by atoms with Gasteiger partial charge in [-0.2, -0.15) is 13.2 Å². The lowest BCUT2D eigenvalue weighted by Gasteiger charge is -2.24. The molecule has 10 heteroatoms. The summed E-state index contributed by atoms with van der Waals surface area (Å²) in [6, 6.07) is 11.0. The number of aromatic nitrogens is 3. The van der Waals surface area contributed by atoms with E-state index in [2.05, 4.69) is 9.97 Å². The molecule has 0 saturated carbocycles. The molecule has 1 N–H and O–H groups in total. The van der Waals surface area contributed by atoms with Crippen molar-refractivity contribution in [3.8, 4) is 5.75 Å². The van der Waals surface area contributed by atoms with Gasteiger partial charge in [-0.3, -0.25) is 4.79 Å².